The number of rotatable bonds is 2. The van der Waals surface area contributed by atoms with Gasteiger partial charge >= 0.3 is 5.69 Å². The van der Waals surface area contributed by atoms with E-state index in [2.05, 4.69) is 4.98 Å². The molecule has 2 aromatic rings. The molecule has 0 spiro atoms. The molecule has 0 saturated carbocycles. The smallest absolute Gasteiger partial charge is 0.330 e. The largest absolute Gasteiger partial charge is 0.428 e. The molecule has 0 fully saturated rings. The van der Waals surface area contributed by atoms with Gasteiger partial charge in [-0.15, -0.1) is 0 Å². The second-order valence-corrected chi connectivity index (χ2v) is 3.84. The number of nitrogens with one attached hydrogen (secondary N) is 1. The molecule has 0 bridgehead atoms. The predicted molar refractivity (Wildman–Crippen MR) is 60.0 cm³/mol. The Bertz CT molecular complexity index is 724. The molecule has 0 aromatic carbocycles. The topological polar surface area (TPSA) is 111 Å². The summed E-state index contributed by atoms with van der Waals surface area (Å²) in [6, 6.07) is 0. The highest BCUT2D eigenvalue weighted by Gasteiger charge is 2.19. The fourth-order valence-electron chi connectivity index (χ4n) is 1.52. The lowest BCUT2D eigenvalue weighted by atomic mass is 10.2. The Balaban J connectivity index is 2.90. The van der Waals surface area contributed by atoms with E-state index in [-0.39, 0.29) is 28.3 Å². The van der Waals surface area contributed by atoms with E-state index in [9.17, 15) is 14.4 Å². The van der Waals surface area contributed by atoms with Crippen LogP contribution in [0.2, 0.25) is 5.22 Å². The van der Waals surface area contributed by atoms with Crippen LogP contribution in [-0.4, -0.2) is 15.5 Å². The molecule has 0 radical (unpaired) electrons. The summed E-state index contributed by atoms with van der Waals surface area (Å²) in [5.74, 6) is -0.650. The van der Waals surface area contributed by atoms with E-state index in [0.29, 0.717) is 0 Å². The van der Waals surface area contributed by atoms with Crippen molar-refractivity contribution in [2.45, 2.75) is 6.42 Å². The number of aromatic nitrogens is 2. The fourth-order valence-corrected chi connectivity index (χ4v) is 1.76. The lowest BCUT2D eigenvalue weighted by Gasteiger charge is -1.96. The number of nitrogens with two attached hydrogens (primary N) is 1. The third-order valence-corrected chi connectivity index (χ3v) is 2.66. The second-order valence-electron chi connectivity index (χ2n) is 3.50. The zero-order chi connectivity index (χ0) is 12.7. The van der Waals surface area contributed by atoms with Crippen LogP contribution in [-0.2, 0) is 18.3 Å². The van der Waals surface area contributed by atoms with Crippen molar-refractivity contribution in [3.63, 3.8) is 0 Å². The molecule has 0 aliphatic rings. The SMILES string of the molecule is Cn1c(=O)[nH]c2oc(Cl)c(CC(N)=O)c2c1=O. The zero-order valence-electron chi connectivity index (χ0n) is 8.74. The van der Waals surface area contributed by atoms with Gasteiger partial charge in [-0.3, -0.25) is 19.1 Å². The van der Waals surface area contributed by atoms with E-state index in [1.54, 1.807) is 0 Å². The summed E-state index contributed by atoms with van der Waals surface area (Å²) < 4.78 is 5.87. The maximum Gasteiger partial charge on any atom is 0.330 e. The Labute approximate surface area is 98.8 Å². The van der Waals surface area contributed by atoms with Gasteiger partial charge in [0.2, 0.25) is 16.8 Å². The average Bonchev–Trinajstić information content (AvgIpc) is 2.51. The number of hydrogen-bond acceptors (Lipinski definition) is 4. The van der Waals surface area contributed by atoms with Crippen LogP contribution in [0.15, 0.2) is 14.0 Å². The summed E-state index contributed by atoms with van der Waals surface area (Å²) >= 11 is 5.74. The minimum Gasteiger partial charge on any atom is -0.428 e. The van der Waals surface area contributed by atoms with Crippen molar-refractivity contribution in [2.75, 3.05) is 0 Å². The summed E-state index contributed by atoms with van der Waals surface area (Å²) in [4.78, 5) is 36.4. The molecule has 1 amide bonds. The summed E-state index contributed by atoms with van der Waals surface area (Å²) in [6.07, 6.45) is -0.229. The molecule has 2 rings (SSSR count). The average molecular weight is 258 g/mol. The van der Waals surface area contributed by atoms with Crippen LogP contribution in [0.3, 0.4) is 0 Å². The van der Waals surface area contributed by atoms with Crippen molar-refractivity contribution >= 4 is 28.6 Å². The minimum atomic E-state index is -0.650. The van der Waals surface area contributed by atoms with Crippen molar-refractivity contribution in [2.24, 2.45) is 12.8 Å². The molecular formula is C9H8ClN3O4. The van der Waals surface area contributed by atoms with Crippen LogP contribution in [0.4, 0.5) is 0 Å². The number of furan rings is 1. The number of nitrogens with zero attached hydrogens (tertiary/aromatic N) is 1. The maximum absolute atomic E-state index is 11.8. The molecule has 2 aromatic heterocycles. The minimum absolute atomic E-state index is 0.0562. The monoisotopic (exact) mass is 257 g/mol. The first kappa shape index (κ1) is 11.5. The second kappa shape index (κ2) is 3.77. The number of carbonyl (C=O) groups is 1. The van der Waals surface area contributed by atoms with Gasteiger partial charge < -0.3 is 10.2 Å². The quantitative estimate of drug-likeness (QED) is 0.755. The van der Waals surface area contributed by atoms with Crippen LogP contribution in [0.25, 0.3) is 11.1 Å². The molecule has 0 atom stereocenters. The van der Waals surface area contributed by atoms with Crippen LogP contribution >= 0.6 is 11.6 Å². The van der Waals surface area contributed by atoms with E-state index in [1.165, 1.54) is 7.05 Å². The molecule has 90 valence electrons. The van der Waals surface area contributed by atoms with Crippen LogP contribution < -0.4 is 17.0 Å². The fraction of sp³-hybridized carbons (Fsp3) is 0.222. The van der Waals surface area contributed by atoms with Gasteiger partial charge in [0.25, 0.3) is 5.56 Å². The molecule has 0 aliphatic heterocycles. The number of fused-ring (bicyclic) bond motifs is 1. The van der Waals surface area contributed by atoms with Gasteiger partial charge in [-0.25, -0.2) is 4.79 Å². The Hall–Kier alpha value is -2.02. The van der Waals surface area contributed by atoms with E-state index < -0.39 is 17.2 Å². The van der Waals surface area contributed by atoms with Gasteiger partial charge in [0.15, 0.2) is 0 Å². The van der Waals surface area contributed by atoms with E-state index in [4.69, 9.17) is 21.8 Å². The lowest BCUT2D eigenvalue weighted by Crippen LogP contribution is -2.32. The number of amides is 1. The standard InChI is InChI=1S/C9H8ClN3O4/c1-13-8(15)5-3(2-4(11)14)6(10)17-7(5)12-9(13)16/h2H2,1H3,(H2,11,14)(H,12,16). The molecule has 2 heterocycles. The summed E-state index contributed by atoms with van der Waals surface area (Å²) in [7, 11) is 1.30. The first-order chi connectivity index (χ1) is 7.91. The molecule has 0 unspecified atom stereocenters. The third kappa shape index (κ3) is 1.74. The van der Waals surface area contributed by atoms with Crippen LogP contribution in [0, 0.1) is 0 Å². The van der Waals surface area contributed by atoms with Crippen molar-refractivity contribution in [1.82, 2.24) is 9.55 Å². The number of hydrogen-bond donors (Lipinski definition) is 2. The summed E-state index contributed by atoms with van der Waals surface area (Å²) in [6.45, 7) is 0. The van der Waals surface area contributed by atoms with Gasteiger partial charge in [0, 0.05) is 12.6 Å². The summed E-state index contributed by atoms with van der Waals surface area (Å²) in [5, 5.41) is -0.0614. The number of primary amides is 1. The van der Waals surface area contributed by atoms with E-state index in [1.807, 2.05) is 0 Å². The molecule has 3 N–H and O–H groups in total. The van der Waals surface area contributed by atoms with Crippen LogP contribution in [0.1, 0.15) is 5.56 Å². The highest BCUT2D eigenvalue weighted by Crippen LogP contribution is 2.25. The Morgan fingerprint density at radius 2 is 2.18 bits per heavy atom. The highest BCUT2D eigenvalue weighted by molar-refractivity contribution is 6.31. The van der Waals surface area contributed by atoms with Crippen LogP contribution in [0.5, 0.6) is 0 Å². The van der Waals surface area contributed by atoms with Gasteiger partial charge in [-0.05, 0) is 11.6 Å². The van der Waals surface area contributed by atoms with E-state index in [0.717, 1.165) is 4.57 Å². The molecule has 8 heteroatoms. The van der Waals surface area contributed by atoms with Gasteiger partial charge in [-0.2, -0.15) is 0 Å². The first-order valence-electron chi connectivity index (χ1n) is 4.60. The Morgan fingerprint density at radius 1 is 1.53 bits per heavy atom. The molecule has 17 heavy (non-hydrogen) atoms. The number of halogens is 1. The zero-order valence-corrected chi connectivity index (χ0v) is 9.50. The van der Waals surface area contributed by atoms with Gasteiger partial charge in [0.1, 0.15) is 5.39 Å². The number of H-pyrrole nitrogens is 1. The van der Waals surface area contributed by atoms with Crippen molar-refractivity contribution in [3.05, 3.63) is 31.6 Å². The van der Waals surface area contributed by atoms with E-state index >= 15 is 0 Å². The lowest BCUT2D eigenvalue weighted by molar-refractivity contribution is -0.117. The Morgan fingerprint density at radius 3 is 2.76 bits per heavy atom. The maximum atomic E-state index is 11.8. The number of aromatic amines is 1. The third-order valence-electron chi connectivity index (χ3n) is 2.35. The molecule has 0 saturated heterocycles. The highest BCUT2D eigenvalue weighted by atomic mass is 35.5. The Kier molecular flexibility index (Phi) is 2.55. The first-order valence-corrected chi connectivity index (χ1v) is 4.98. The van der Waals surface area contributed by atoms with Crippen molar-refractivity contribution in [1.29, 1.82) is 0 Å². The van der Waals surface area contributed by atoms with Gasteiger partial charge in [0.05, 0.1) is 6.42 Å². The number of carbonyl (C=O) groups excluding carboxylic acids is 1. The van der Waals surface area contributed by atoms with Crippen molar-refractivity contribution < 1.29 is 9.21 Å². The van der Waals surface area contributed by atoms with Crippen molar-refractivity contribution in [3.8, 4) is 0 Å². The molecule has 7 nitrogen and oxygen atoms in total. The van der Waals surface area contributed by atoms with Gasteiger partial charge in [-0.1, -0.05) is 0 Å². The molecular weight excluding hydrogens is 250 g/mol. The normalized spacial score (nSPS) is 10.9. The predicted octanol–water partition coefficient (Wildman–Crippen LogP) is -0.499. The molecule has 0 aliphatic carbocycles. The summed E-state index contributed by atoms with van der Waals surface area (Å²) in [5.41, 5.74) is 3.96.